The Labute approximate surface area is 194 Å². The number of benzene rings is 3. The van der Waals surface area contributed by atoms with Gasteiger partial charge in [0.15, 0.2) is 0 Å². The molecule has 0 unspecified atom stereocenters. The normalized spacial score (nSPS) is 10.9. The number of aromatic nitrogens is 1. The van der Waals surface area contributed by atoms with Crippen LogP contribution >= 0.6 is 34.8 Å². The molecule has 4 rings (SSSR count). The van der Waals surface area contributed by atoms with Gasteiger partial charge in [-0.25, -0.2) is 4.98 Å². The topological polar surface area (TPSA) is 51.2 Å². The first-order valence-electron chi connectivity index (χ1n) is 9.38. The van der Waals surface area contributed by atoms with Gasteiger partial charge in [0.1, 0.15) is 5.75 Å². The predicted molar refractivity (Wildman–Crippen MR) is 128 cm³/mol. The second-order valence-corrected chi connectivity index (χ2v) is 8.18. The number of carbonyl (C=O) groups excluding carboxylic acids is 1. The minimum Gasteiger partial charge on any atom is -0.495 e. The maximum atomic E-state index is 13.5. The van der Waals surface area contributed by atoms with Gasteiger partial charge in [0.25, 0.3) is 5.91 Å². The number of methoxy groups -OCH3 is 1. The first-order valence-corrected chi connectivity index (χ1v) is 10.5. The lowest BCUT2D eigenvalue weighted by molar-refractivity contribution is 0.102. The number of ether oxygens (including phenoxy) is 1. The molecule has 7 heteroatoms. The molecule has 4 nitrogen and oxygen atoms in total. The minimum atomic E-state index is -0.303. The Bertz CT molecular complexity index is 1320. The molecule has 156 valence electrons. The summed E-state index contributed by atoms with van der Waals surface area (Å²) in [5.41, 5.74) is 3.66. The van der Waals surface area contributed by atoms with E-state index in [2.05, 4.69) is 5.32 Å². The van der Waals surface area contributed by atoms with Crippen LogP contribution in [0.15, 0.2) is 60.7 Å². The summed E-state index contributed by atoms with van der Waals surface area (Å²) in [4.78, 5) is 18.2. The van der Waals surface area contributed by atoms with E-state index in [-0.39, 0.29) is 5.91 Å². The van der Waals surface area contributed by atoms with E-state index in [1.807, 2.05) is 31.2 Å². The predicted octanol–water partition coefficient (Wildman–Crippen LogP) is 7.43. The van der Waals surface area contributed by atoms with Crippen molar-refractivity contribution in [3.8, 4) is 17.0 Å². The van der Waals surface area contributed by atoms with Gasteiger partial charge in [-0.3, -0.25) is 4.79 Å². The summed E-state index contributed by atoms with van der Waals surface area (Å²) in [6.45, 7) is 1.85. The third-order valence-corrected chi connectivity index (χ3v) is 5.74. The zero-order valence-electron chi connectivity index (χ0n) is 16.7. The lowest BCUT2D eigenvalue weighted by atomic mass is 9.97. The van der Waals surface area contributed by atoms with Crippen LogP contribution in [-0.4, -0.2) is 18.0 Å². The number of anilines is 1. The van der Waals surface area contributed by atoms with Crippen LogP contribution in [0.3, 0.4) is 0 Å². The zero-order chi connectivity index (χ0) is 22.1. The highest BCUT2D eigenvalue weighted by Crippen LogP contribution is 2.36. The lowest BCUT2D eigenvalue weighted by Gasteiger charge is -2.16. The fourth-order valence-electron chi connectivity index (χ4n) is 3.51. The van der Waals surface area contributed by atoms with E-state index in [4.69, 9.17) is 44.5 Å². The van der Waals surface area contributed by atoms with E-state index in [0.29, 0.717) is 54.4 Å². The summed E-state index contributed by atoms with van der Waals surface area (Å²) in [5, 5.41) is 5.13. The molecular weight excluding hydrogens is 455 g/mol. The van der Waals surface area contributed by atoms with Crippen molar-refractivity contribution in [3.05, 3.63) is 86.9 Å². The van der Waals surface area contributed by atoms with E-state index in [1.54, 1.807) is 36.4 Å². The van der Waals surface area contributed by atoms with Crippen LogP contribution < -0.4 is 10.1 Å². The van der Waals surface area contributed by atoms with Crippen molar-refractivity contribution in [3.63, 3.8) is 0 Å². The quantitative estimate of drug-likeness (QED) is 0.337. The Morgan fingerprint density at radius 2 is 1.68 bits per heavy atom. The van der Waals surface area contributed by atoms with Crippen LogP contribution in [0.5, 0.6) is 5.75 Å². The third kappa shape index (κ3) is 4.19. The van der Waals surface area contributed by atoms with E-state index >= 15 is 0 Å². The average molecular weight is 472 g/mol. The number of para-hydroxylation sites is 1. The number of amides is 1. The monoisotopic (exact) mass is 470 g/mol. The van der Waals surface area contributed by atoms with Gasteiger partial charge in [-0.2, -0.15) is 0 Å². The molecule has 0 aliphatic carbocycles. The van der Waals surface area contributed by atoms with Gasteiger partial charge < -0.3 is 10.1 Å². The molecule has 4 aromatic rings. The molecule has 1 amide bonds. The van der Waals surface area contributed by atoms with Crippen LogP contribution in [0.4, 0.5) is 5.69 Å². The van der Waals surface area contributed by atoms with Gasteiger partial charge in [0.2, 0.25) is 0 Å². The minimum absolute atomic E-state index is 0.303. The molecule has 0 bridgehead atoms. The average Bonchev–Trinajstić information content (AvgIpc) is 2.74. The van der Waals surface area contributed by atoms with E-state index in [9.17, 15) is 4.79 Å². The number of fused-ring (bicyclic) bond motifs is 1. The Morgan fingerprint density at radius 3 is 2.42 bits per heavy atom. The molecule has 0 spiro atoms. The van der Waals surface area contributed by atoms with Crippen LogP contribution in [0.2, 0.25) is 15.1 Å². The first kappa shape index (κ1) is 21.4. The van der Waals surface area contributed by atoms with Gasteiger partial charge in [0.05, 0.1) is 34.6 Å². The number of hydrogen-bond acceptors (Lipinski definition) is 3. The molecule has 0 radical (unpaired) electrons. The summed E-state index contributed by atoms with van der Waals surface area (Å²) >= 11 is 18.6. The standard InChI is InChI=1S/C24H17Cl3N2O2/c1-13-22(24(30)29-20-12-15(26)8-10-21(20)31-2)17-5-3-4-6-19(17)28-23(13)16-9-7-14(25)11-18(16)27/h3-12H,1-2H3,(H,29,30). The summed E-state index contributed by atoms with van der Waals surface area (Å²) < 4.78 is 5.36. The summed E-state index contributed by atoms with van der Waals surface area (Å²) in [6.07, 6.45) is 0. The number of carbonyl (C=O) groups is 1. The Kier molecular flexibility index (Phi) is 6.05. The van der Waals surface area contributed by atoms with E-state index < -0.39 is 0 Å². The fourth-order valence-corrected chi connectivity index (χ4v) is 4.18. The lowest BCUT2D eigenvalue weighted by Crippen LogP contribution is -2.16. The summed E-state index contributed by atoms with van der Waals surface area (Å²) in [6, 6.07) is 17.7. The number of pyridine rings is 1. The van der Waals surface area contributed by atoms with Crippen molar-refractivity contribution in [2.24, 2.45) is 0 Å². The van der Waals surface area contributed by atoms with Gasteiger partial charge in [-0.05, 0) is 55.0 Å². The van der Waals surface area contributed by atoms with Crippen molar-refractivity contribution in [2.75, 3.05) is 12.4 Å². The number of rotatable bonds is 4. The first-order chi connectivity index (χ1) is 14.9. The van der Waals surface area contributed by atoms with Gasteiger partial charge in [0, 0.05) is 21.0 Å². The highest BCUT2D eigenvalue weighted by molar-refractivity contribution is 6.36. The fraction of sp³-hybridized carbons (Fsp3) is 0.0833. The molecule has 0 atom stereocenters. The molecular formula is C24H17Cl3N2O2. The molecule has 1 N–H and O–H groups in total. The van der Waals surface area contributed by atoms with Crippen molar-refractivity contribution < 1.29 is 9.53 Å². The van der Waals surface area contributed by atoms with Crippen LogP contribution in [0, 0.1) is 6.92 Å². The van der Waals surface area contributed by atoms with Crippen molar-refractivity contribution in [2.45, 2.75) is 6.92 Å². The van der Waals surface area contributed by atoms with Crippen LogP contribution in [-0.2, 0) is 0 Å². The third-order valence-electron chi connectivity index (χ3n) is 4.96. The molecule has 0 fully saturated rings. The van der Waals surface area contributed by atoms with Crippen molar-refractivity contribution in [1.82, 2.24) is 4.98 Å². The SMILES string of the molecule is COc1ccc(Cl)cc1NC(=O)c1c(C)c(-c2ccc(Cl)cc2Cl)nc2ccccc12. The highest BCUT2D eigenvalue weighted by atomic mass is 35.5. The summed E-state index contributed by atoms with van der Waals surface area (Å²) in [7, 11) is 1.53. The second kappa shape index (κ2) is 8.75. The largest absolute Gasteiger partial charge is 0.495 e. The maximum absolute atomic E-state index is 13.5. The molecule has 3 aromatic carbocycles. The second-order valence-electron chi connectivity index (χ2n) is 6.90. The number of hydrogen-bond donors (Lipinski definition) is 1. The molecule has 31 heavy (non-hydrogen) atoms. The maximum Gasteiger partial charge on any atom is 0.256 e. The summed E-state index contributed by atoms with van der Waals surface area (Å²) in [5.74, 6) is 0.206. The zero-order valence-corrected chi connectivity index (χ0v) is 18.9. The van der Waals surface area contributed by atoms with Crippen LogP contribution in [0.1, 0.15) is 15.9 Å². The smallest absolute Gasteiger partial charge is 0.256 e. The molecule has 0 saturated heterocycles. The van der Waals surface area contributed by atoms with Crippen molar-refractivity contribution in [1.29, 1.82) is 0 Å². The molecule has 1 aromatic heterocycles. The Morgan fingerprint density at radius 1 is 0.968 bits per heavy atom. The van der Waals surface area contributed by atoms with Gasteiger partial charge in [-0.1, -0.05) is 53.0 Å². The molecule has 0 saturated carbocycles. The van der Waals surface area contributed by atoms with E-state index in [1.165, 1.54) is 7.11 Å². The molecule has 1 heterocycles. The van der Waals surface area contributed by atoms with Crippen LogP contribution in [0.25, 0.3) is 22.2 Å². The van der Waals surface area contributed by atoms with Gasteiger partial charge in [-0.15, -0.1) is 0 Å². The highest BCUT2D eigenvalue weighted by Gasteiger charge is 2.21. The van der Waals surface area contributed by atoms with Crippen molar-refractivity contribution >= 4 is 57.3 Å². The Balaban J connectivity index is 1.90. The molecule has 0 aliphatic heterocycles. The number of nitrogens with zero attached hydrogens (tertiary/aromatic N) is 1. The number of nitrogens with one attached hydrogen (secondary N) is 1. The Hall–Kier alpha value is -2.79. The van der Waals surface area contributed by atoms with Gasteiger partial charge >= 0.3 is 0 Å². The molecule has 0 aliphatic rings. The number of halogens is 3. The van der Waals surface area contributed by atoms with E-state index in [0.717, 1.165) is 5.39 Å².